The van der Waals surface area contributed by atoms with E-state index in [4.69, 9.17) is 15.2 Å². The van der Waals surface area contributed by atoms with Gasteiger partial charge in [-0.2, -0.15) is 5.26 Å². The fourth-order valence-corrected chi connectivity index (χ4v) is 3.70. The number of carbonyl (C=O) groups is 2. The van der Waals surface area contributed by atoms with Gasteiger partial charge in [0.2, 0.25) is 5.91 Å². The lowest BCUT2D eigenvalue weighted by molar-refractivity contribution is -0.121. The molecule has 0 saturated carbocycles. The Labute approximate surface area is 176 Å². The van der Waals surface area contributed by atoms with Crippen molar-refractivity contribution in [1.29, 1.82) is 5.26 Å². The SMILES string of the molecule is C[C@H](Cc1cc(C#N)c2c(c1)OCCn1cc(N3C(=O)OC[C@H]3C(F)F)nc1-2)C(N)=O. The minimum Gasteiger partial charge on any atom is -0.491 e. The van der Waals surface area contributed by atoms with Crippen LogP contribution in [0.25, 0.3) is 11.4 Å². The number of cyclic esters (lactones) is 1. The number of primary amides is 1. The predicted octanol–water partition coefficient (Wildman–Crippen LogP) is 2.07. The van der Waals surface area contributed by atoms with Crippen molar-refractivity contribution in [2.75, 3.05) is 18.1 Å². The van der Waals surface area contributed by atoms with Gasteiger partial charge in [0.1, 0.15) is 36.9 Å². The van der Waals surface area contributed by atoms with Crippen LogP contribution < -0.4 is 15.4 Å². The van der Waals surface area contributed by atoms with Crippen LogP contribution in [0.15, 0.2) is 18.3 Å². The van der Waals surface area contributed by atoms with Crippen molar-refractivity contribution in [2.45, 2.75) is 32.4 Å². The molecule has 4 rings (SSSR count). The summed E-state index contributed by atoms with van der Waals surface area (Å²) in [5.41, 5.74) is 6.68. The first-order valence-electron chi connectivity index (χ1n) is 9.61. The summed E-state index contributed by atoms with van der Waals surface area (Å²) < 4.78 is 39.0. The number of nitriles is 1. The molecule has 1 saturated heterocycles. The molecule has 0 bridgehead atoms. The quantitative estimate of drug-likeness (QED) is 0.773. The van der Waals surface area contributed by atoms with Crippen LogP contribution in [0.4, 0.5) is 19.4 Å². The summed E-state index contributed by atoms with van der Waals surface area (Å²) in [6, 6.07) is 4.01. The second-order valence-corrected chi connectivity index (χ2v) is 7.45. The third-order valence-corrected chi connectivity index (χ3v) is 5.33. The molecule has 0 radical (unpaired) electrons. The highest BCUT2D eigenvalue weighted by Gasteiger charge is 2.42. The second kappa shape index (κ2) is 7.86. The number of hydrogen-bond donors (Lipinski definition) is 1. The number of rotatable bonds is 5. The normalized spacial score (nSPS) is 18.5. The zero-order chi connectivity index (χ0) is 22.3. The summed E-state index contributed by atoms with van der Waals surface area (Å²) in [6.45, 7) is 1.83. The average Bonchev–Trinajstić information content (AvgIpc) is 3.26. The van der Waals surface area contributed by atoms with Crippen LogP contribution in [-0.4, -0.2) is 47.2 Å². The fraction of sp³-hybridized carbons (Fsp3) is 0.400. The molecule has 2 aromatic rings. The maximum Gasteiger partial charge on any atom is 0.416 e. The van der Waals surface area contributed by atoms with Crippen molar-refractivity contribution in [1.82, 2.24) is 9.55 Å². The summed E-state index contributed by atoms with van der Waals surface area (Å²) in [6.07, 6.45) is -1.89. The molecule has 0 spiro atoms. The zero-order valence-electron chi connectivity index (χ0n) is 16.5. The van der Waals surface area contributed by atoms with Crippen LogP contribution in [0.5, 0.6) is 5.75 Å². The molecule has 2 amide bonds. The molecule has 2 aliphatic rings. The Morgan fingerprint density at radius 3 is 2.87 bits per heavy atom. The highest BCUT2D eigenvalue weighted by Crippen LogP contribution is 2.38. The molecule has 11 heteroatoms. The van der Waals surface area contributed by atoms with Crippen molar-refractivity contribution in [2.24, 2.45) is 11.7 Å². The van der Waals surface area contributed by atoms with Gasteiger partial charge in [-0.3, -0.25) is 4.79 Å². The Balaban J connectivity index is 1.78. The van der Waals surface area contributed by atoms with Gasteiger partial charge in [0.25, 0.3) is 6.43 Å². The number of ether oxygens (including phenoxy) is 2. The van der Waals surface area contributed by atoms with Gasteiger partial charge in [0, 0.05) is 12.1 Å². The molecule has 2 aliphatic heterocycles. The molecular formula is C20H19F2N5O4. The molecule has 0 aliphatic carbocycles. The predicted molar refractivity (Wildman–Crippen MR) is 104 cm³/mol. The maximum absolute atomic E-state index is 13.4. The van der Waals surface area contributed by atoms with Gasteiger partial charge in [-0.05, 0) is 24.1 Å². The van der Waals surface area contributed by atoms with E-state index in [1.54, 1.807) is 23.6 Å². The van der Waals surface area contributed by atoms with Crippen LogP contribution in [0.1, 0.15) is 18.1 Å². The lowest BCUT2D eigenvalue weighted by atomic mass is 9.96. The Hall–Kier alpha value is -3.68. The van der Waals surface area contributed by atoms with Crippen molar-refractivity contribution < 1.29 is 27.8 Å². The molecule has 2 N–H and O–H groups in total. The van der Waals surface area contributed by atoms with Gasteiger partial charge in [0.05, 0.1) is 17.7 Å². The number of benzene rings is 1. The summed E-state index contributed by atoms with van der Waals surface area (Å²) in [7, 11) is 0. The van der Waals surface area contributed by atoms with E-state index in [9.17, 15) is 23.6 Å². The van der Waals surface area contributed by atoms with Crippen molar-refractivity contribution >= 4 is 17.8 Å². The van der Waals surface area contributed by atoms with Crippen molar-refractivity contribution in [3.05, 3.63) is 29.5 Å². The first-order chi connectivity index (χ1) is 14.8. The number of aromatic nitrogens is 2. The zero-order valence-corrected chi connectivity index (χ0v) is 16.5. The molecule has 1 aromatic carbocycles. The number of fused-ring (bicyclic) bond motifs is 3. The summed E-state index contributed by atoms with van der Waals surface area (Å²) in [5, 5.41) is 9.74. The highest BCUT2D eigenvalue weighted by atomic mass is 19.3. The van der Waals surface area contributed by atoms with Crippen molar-refractivity contribution in [3.8, 4) is 23.2 Å². The number of hydrogen-bond acceptors (Lipinski definition) is 6. The number of halogens is 2. The number of carbonyl (C=O) groups excluding carboxylic acids is 2. The number of anilines is 1. The average molecular weight is 431 g/mol. The molecule has 31 heavy (non-hydrogen) atoms. The third-order valence-electron chi connectivity index (χ3n) is 5.33. The topological polar surface area (TPSA) is 123 Å². The standard InChI is InChI=1S/C20H19F2N5O4/c1-10(18(24)28)4-11-5-12(7-23)16-14(6-11)30-3-2-26-8-15(25-19(16)26)27-13(17(21)22)9-31-20(27)29/h5-6,8,10,13,17H,2-4,9H2,1H3,(H2,24,28)/t10-,13+/m1/s1. The first-order valence-corrected chi connectivity index (χ1v) is 9.61. The lowest BCUT2D eigenvalue weighted by Crippen LogP contribution is -2.38. The number of nitrogens with zero attached hydrogens (tertiary/aromatic N) is 4. The Kier molecular flexibility index (Phi) is 5.22. The van der Waals surface area contributed by atoms with E-state index in [0.717, 1.165) is 4.90 Å². The van der Waals surface area contributed by atoms with Gasteiger partial charge >= 0.3 is 6.09 Å². The largest absolute Gasteiger partial charge is 0.491 e. The molecule has 9 nitrogen and oxygen atoms in total. The molecule has 2 atom stereocenters. The van der Waals surface area contributed by atoms with Gasteiger partial charge < -0.3 is 19.8 Å². The lowest BCUT2D eigenvalue weighted by Gasteiger charge is -2.17. The number of alkyl halides is 2. The van der Waals surface area contributed by atoms with Gasteiger partial charge in [-0.25, -0.2) is 23.5 Å². The molecule has 1 aromatic heterocycles. The number of nitrogens with two attached hydrogens (primary N) is 1. The number of amides is 2. The Morgan fingerprint density at radius 2 is 2.19 bits per heavy atom. The van der Waals surface area contributed by atoms with E-state index in [2.05, 4.69) is 11.1 Å². The summed E-state index contributed by atoms with van der Waals surface area (Å²) in [4.78, 5) is 28.7. The van der Waals surface area contributed by atoms with Crippen molar-refractivity contribution in [3.63, 3.8) is 0 Å². The molecular weight excluding hydrogens is 412 g/mol. The second-order valence-electron chi connectivity index (χ2n) is 7.45. The van der Waals surface area contributed by atoms with Crippen LogP contribution in [0.3, 0.4) is 0 Å². The maximum atomic E-state index is 13.4. The first kappa shape index (κ1) is 20.6. The van der Waals surface area contributed by atoms with Crippen LogP contribution in [-0.2, 0) is 22.5 Å². The van der Waals surface area contributed by atoms with Crippen LogP contribution in [0.2, 0.25) is 0 Å². The summed E-state index contributed by atoms with van der Waals surface area (Å²) >= 11 is 0. The van der Waals surface area contributed by atoms with Gasteiger partial charge in [0.15, 0.2) is 5.82 Å². The molecule has 162 valence electrons. The minimum absolute atomic E-state index is 0.0194. The monoisotopic (exact) mass is 431 g/mol. The van der Waals surface area contributed by atoms with Gasteiger partial charge in [-0.15, -0.1) is 0 Å². The Morgan fingerprint density at radius 1 is 1.42 bits per heavy atom. The number of imidazole rings is 1. The highest BCUT2D eigenvalue weighted by molar-refractivity contribution is 5.90. The minimum atomic E-state index is -2.80. The van der Waals surface area contributed by atoms with Crippen LogP contribution >= 0.6 is 0 Å². The molecule has 1 fully saturated rings. The van der Waals surface area contributed by atoms with E-state index < -0.39 is 37.0 Å². The molecule has 0 unspecified atom stereocenters. The smallest absolute Gasteiger partial charge is 0.416 e. The third kappa shape index (κ3) is 3.65. The van der Waals surface area contributed by atoms with E-state index in [1.807, 2.05) is 0 Å². The molecule has 3 heterocycles. The fourth-order valence-electron chi connectivity index (χ4n) is 3.70. The van der Waals surface area contributed by atoms with E-state index in [0.29, 0.717) is 35.7 Å². The van der Waals surface area contributed by atoms with Gasteiger partial charge in [-0.1, -0.05) is 6.92 Å². The van der Waals surface area contributed by atoms with E-state index >= 15 is 0 Å². The Bertz CT molecular complexity index is 1090. The van der Waals surface area contributed by atoms with E-state index in [1.165, 1.54) is 6.20 Å². The van der Waals surface area contributed by atoms with E-state index in [-0.39, 0.29) is 18.0 Å². The van der Waals surface area contributed by atoms with Crippen LogP contribution in [0, 0.1) is 17.2 Å². The summed E-state index contributed by atoms with van der Waals surface area (Å²) in [5.74, 6) is -0.166.